The molecule has 11 heavy (non-hydrogen) atoms. The van der Waals surface area contributed by atoms with Gasteiger partial charge in [-0.05, 0) is 19.8 Å². The summed E-state index contributed by atoms with van der Waals surface area (Å²) in [7, 11) is 0. The van der Waals surface area contributed by atoms with Gasteiger partial charge in [0.05, 0.1) is 6.04 Å². The Morgan fingerprint density at radius 1 is 1.64 bits per heavy atom. The van der Waals surface area contributed by atoms with Crippen molar-refractivity contribution in [1.82, 2.24) is 5.32 Å². The van der Waals surface area contributed by atoms with Gasteiger partial charge in [0.15, 0.2) is 0 Å². The summed E-state index contributed by atoms with van der Waals surface area (Å²) in [5.74, 6) is 2.65. The van der Waals surface area contributed by atoms with Gasteiger partial charge in [-0.3, -0.25) is 0 Å². The number of hydrogen-bond acceptors (Lipinski definition) is 2. The van der Waals surface area contributed by atoms with E-state index in [0.717, 1.165) is 12.8 Å². The first kappa shape index (κ1) is 10.5. The highest BCUT2D eigenvalue weighted by Gasteiger charge is 2.05. The molecule has 0 radical (unpaired) electrons. The number of nitrogens with one attached hydrogen (secondary N) is 1. The van der Waals surface area contributed by atoms with Crippen LogP contribution in [0.4, 0.5) is 0 Å². The minimum absolute atomic E-state index is 0.150. The van der Waals surface area contributed by atoms with E-state index in [1.165, 1.54) is 0 Å². The average Bonchev–Trinajstić information content (AvgIpc) is 2.01. The van der Waals surface area contributed by atoms with Crippen LogP contribution in [0.15, 0.2) is 0 Å². The third-order valence-electron chi connectivity index (χ3n) is 1.66. The molecule has 2 N–H and O–H groups in total. The highest BCUT2D eigenvalue weighted by molar-refractivity contribution is 4.98. The van der Waals surface area contributed by atoms with Gasteiger partial charge in [0.2, 0.25) is 0 Å². The van der Waals surface area contributed by atoms with E-state index in [9.17, 15) is 0 Å². The van der Waals surface area contributed by atoms with Crippen LogP contribution in [0.2, 0.25) is 0 Å². The van der Waals surface area contributed by atoms with Crippen molar-refractivity contribution in [3.8, 4) is 12.3 Å². The first-order valence-electron chi connectivity index (χ1n) is 4.07. The molecule has 0 aromatic heterocycles. The zero-order chi connectivity index (χ0) is 8.69. The van der Waals surface area contributed by atoms with E-state index >= 15 is 0 Å². The first-order valence-corrected chi connectivity index (χ1v) is 4.07. The van der Waals surface area contributed by atoms with Gasteiger partial charge in [-0.2, -0.15) is 0 Å². The Bertz CT molecular complexity index is 128. The molecule has 0 saturated heterocycles. The van der Waals surface area contributed by atoms with Crippen molar-refractivity contribution in [3.05, 3.63) is 0 Å². The van der Waals surface area contributed by atoms with Crippen LogP contribution in [0.5, 0.6) is 0 Å². The van der Waals surface area contributed by atoms with Gasteiger partial charge < -0.3 is 10.4 Å². The van der Waals surface area contributed by atoms with Crippen LogP contribution in [0.1, 0.15) is 26.7 Å². The molecule has 0 rings (SSSR count). The summed E-state index contributed by atoms with van der Waals surface area (Å²) in [5.41, 5.74) is 0. The van der Waals surface area contributed by atoms with Gasteiger partial charge in [0, 0.05) is 12.6 Å². The number of rotatable bonds is 5. The predicted molar refractivity (Wildman–Crippen MR) is 47.2 cm³/mol. The van der Waals surface area contributed by atoms with Gasteiger partial charge in [-0.25, -0.2) is 0 Å². The summed E-state index contributed by atoms with van der Waals surface area (Å²) < 4.78 is 0. The maximum Gasteiger partial charge on any atom is 0.0686 e. The summed E-state index contributed by atoms with van der Waals surface area (Å²) in [6.07, 6.45) is 6.95. The van der Waals surface area contributed by atoms with Crippen molar-refractivity contribution < 1.29 is 5.11 Å². The summed E-state index contributed by atoms with van der Waals surface area (Å²) in [6.45, 7) is 4.29. The molecule has 2 unspecified atom stereocenters. The Morgan fingerprint density at radius 2 is 2.27 bits per heavy atom. The molecule has 0 aromatic rings. The molecule has 0 fully saturated rings. The molecular formula is C9H17NO. The molecule has 0 bridgehead atoms. The SMILES string of the molecule is C#CC(CC)NC(C)CCO. The molecule has 0 heterocycles. The molecule has 0 spiro atoms. The summed E-state index contributed by atoms with van der Waals surface area (Å²) in [4.78, 5) is 0. The summed E-state index contributed by atoms with van der Waals surface area (Å²) >= 11 is 0. The van der Waals surface area contributed by atoms with Crippen molar-refractivity contribution in [2.24, 2.45) is 0 Å². The van der Waals surface area contributed by atoms with Crippen molar-refractivity contribution in [1.29, 1.82) is 0 Å². The van der Waals surface area contributed by atoms with Crippen LogP contribution < -0.4 is 5.32 Å². The molecule has 0 aromatic carbocycles. The zero-order valence-electron chi connectivity index (χ0n) is 7.30. The van der Waals surface area contributed by atoms with Gasteiger partial charge in [0.25, 0.3) is 0 Å². The van der Waals surface area contributed by atoms with Gasteiger partial charge >= 0.3 is 0 Å². The number of terminal acetylenes is 1. The van der Waals surface area contributed by atoms with E-state index in [1.54, 1.807) is 0 Å². The third-order valence-corrected chi connectivity index (χ3v) is 1.66. The lowest BCUT2D eigenvalue weighted by molar-refractivity contribution is 0.266. The minimum atomic E-state index is 0.150. The highest BCUT2D eigenvalue weighted by atomic mass is 16.3. The summed E-state index contributed by atoms with van der Waals surface area (Å²) in [6, 6.07) is 0.456. The van der Waals surface area contributed by atoms with E-state index in [4.69, 9.17) is 11.5 Å². The second kappa shape index (κ2) is 6.21. The van der Waals surface area contributed by atoms with E-state index < -0.39 is 0 Å². The second-order valence-corrected chi connectivity index (χ2v) is 2.71. The number of aliphatic hydroxyl groups is 1. The minimum Gasteiger partial charge on any atom is -0.396 e. The fraction of sp³-hybridized carbons (Fsp3) is 0.778. The van der Waals surface area contributed by atoms with E-state index in [1.807, 2.05) is 13.8 Å². The van der Waals surface area contributed by atoms with E-state index in [2.05, 4.69) is 11.2 Å². The standard InChI is InChI=1S/C9H17NO/c1-4-9(5-2)10-8(3)6-7-11/h1,8-11H,5-7H2,2-3H3. The Labute approximate surface area is 69.0 Å². The molecule has 64 valence electrons. The van der Waals surface area contributed by atoms with Crippen LogP contribution in [0, 0.1) is 12.3 Å². The highest BCUT2D eigenvalue weighted by Crippen LogP contribution is 1.94. The van der Waals surface area contributed by atoms with Gasteiger partial charge in [0.1, 0.15) is 0 Å². The van der Waals surface area contributed by atoms with Crippen LogP contribution >= 0.6 is 0 Å². The predicted octanol–water partition coefficient (Wildman–Crippen LogP) is 0.759. The topological polar surface area (TPSA) is 32.3 Å². The molecule has 0 aliphatic carbocycles. The van der Waals surface area contributed by atoms with Crippen molar-refractivity contribution in [3.63, 3.8) is 0 Å². The molecule has 2 nitrogen and oxygen atoms in total. The van der Waals surface area contributed by atoms with Crippen molar-refractivity contribution in [2.45, 2.75) is 38.8 Å². The molecule has 0 aliphatic rings. The molecule has 2 atom stereocenters. The Hall–Kier alpha value is -0.520. The van der Waals surface area contributed by atoms with Gasteiger partial charge in [-0.1, -0.05) is 12.8 Å². The maximum absolute atomic E-state index is 8.60. The largest absolute Gasteiger partial charge is 0.396 e. The first-order chi connectivity index (χ1) is 5.24. The monoisotopic (exact) mass is 155 g/mol. The Morgan fingerprint density at radius 3 is 2.64 bits per heavy atom. The fourth-order valence-corrected chi connectivity index (χ4v) is 0.904. The average molecular weight is 155 g/mol. The smallest absolute Gasteiger partial charge is 0.0686 e. The zero-order valence-corrected chi connectivity index (χ0v) is 7.30. The van der Waals surface area contributed by atoms with E-state index in [-0.39, 0.29) is 12.6 Å². The lowest BCUT2D eigenvalue weighted by atomic mass is 10.2. The third kappa shape index (κ3) is 4.83. The maximum atomic E-state index is 8.60. The molecular weight excluding hydrogens is 138 g/mol. The normalized spacial score (nSPS) is 15.5. The lowest BCUT2D eigenvalue weighted by Gasteiger charge is -2.16. The summed E-state index contributed by atoms with van der Waals surface area (Å²) in [5, 5.41) is 11.8. The van der Waals surface area contributed by atoms with Gasteiger partial charge in [-0.15, -0.1) is 6.42 Å². The molecule has 0 saturated carbocycles. The lowest BCUT2D eigenvalue weighted by Crippen LogP contribution is -2.35. The quantitative estimate of drug-likeness (QED) is 0.574. The Balaban J connectivity index is 3.55. The second-order valence-electron chi connectivity index (χ2n) is 2.71. The van der Waals surface area contributed by atoms with E-state index in [0.29, 0.717) is 6.04 Å². The molecule has 2 heteroatoms. The van der Waals surface area contributed by atoms with Crippen LogP contribution in [-0.4, -0.2) is 23.8 Å². The van der Waals surface area contributed by atoms with Crippen LogP contribution in [0.3, 0.4) is 0 Å². The van der Waals surface area contributed by atoms with Crippen LogP contribution in [-0.2, 0) is 0 Å². The van der Waals surface area contributed by atoms with Crippen molar-refractivity contribution in [2.75, 3.05) is 6.61 Å². The Kier molecular flexibility index (Phi) is 5.91. The fourth-order valence-electron chi connectivity index (χ4n) is 0.904. The van der Waals surface area contributed by atoms with Crippen LogP contribution in [0.25, 0.3) is 0 Å². The van der Waals surface area contributed by atoms with Crippen molar-refractivity contribution >= 4 is 0 Å². The number of hydrogen-bond donors (Lipinski definition) is 2. The molecule has 0 aliphatic heterocycles. The molecule has 0 amide bonds. The number of aliphatic hydroxyl groups excluding tert-OH is 1.